The van der Waals surface area contributed by atoms with Crippen molar-refractivity contribution in [2.45, 2.75) is 13.3 Å². The normalized spacial score (nSPS) is 21.4. The summed E-state index contributed by atoms with van der Waals surface area (Å²) in [5.74, 6) is -2.31. The molecule has 2 N–H and O–H groups in total. The molecule has 0 spiro atoms. The standard InChI is InChI=1S/C15H18N2O3/c1-2-16-15(20)13(18)12-9-17-14(19)11(12)8-10-6-4-3-5-7-10/h3-7,11-12H,2,8-9H2,1H3,(H,16,20)(H,17,19)/t11-,12?/m1/s1. The average Bonchev–Trinajstić information content (AvgIpc) is 2.81. The zero-order chi connectivity index (χ0) is 14.5. The Kier molecular flexibility index (Phi) is 4.50. The molecule has 0 radical (unpaired) electrons. The number of hydrogen-bond donors (Lipinski definition) is 2. The van der Waals surface area contributed by atoms with Crippen LogP contribution in [0.3, 0.4) is 0 Å². The van der Waals surface area contributed by atoms with Gasteiger partial charge in [-0.3, -0.25) is 14.4 Å². The first-order chi connectivity index (χ1) is 9.63. The van der Waals surface area contributed by atoms with Gasteiger partial charge in [-0.05, 0) is 18.9 Å². The number of hydrogen-bond acceptors (Lipinski definition) is 3. The van der Waals surface area contributed by atoms with Crippen molar-refractivity contribution < 1.29 is 14.4 Å². The number of ketones is 1. The molecule has 106 valence electrons. The second-order valence-corrected chi connectivity index (χ2v) is 4.87. The van der Waals surface area contributed by atoms with E-state index in [-0.39, 0.29) is 12.5 Å². The molecule has 1 aromatic carbocycles. The Bertz CT molecular complexity index is 513. The summed E-state index contributed by atoms with van der Waals surface area (Å²) in [6.45, 7) is 2.40. The highest BCUT2D eigenvalue weighted by atomic mass is 16.2. The van der Waals surface area contributed by atoms with E-state index in [2.05, 4.69) is 10.6 Å². The Hall–Kier alpha value is -2.17. The highest BCUT2D eigenvalue weighted by Gasteiger charge is 2.41. The molecule has 0 aliphatic carbocycles. The first kappa shape index (κ1) is 14.2. The molecule has 1 aliphatic rings. The summed E-state index contributed by atoms with van der Waals surface area (Å²) >= 11 is 0. The molecule has 0 aromatic heterocycles. The Labute approximate surface area is 117 Å². The predicted molar refractivity (Wildman–Crippen MR) is 73.8 cm³/mol. The van der Waals surface area contributed by atoms with Crippen LogP contribution in [0.4, 0.5) is 0 Å². The van der Waals surface area contributed by atoms with Crippen LogP contribution in [0.25, 0.3) is 0 Å². The van der Waals surface area contributed by atoms with E-state index in [1.165, 1.54) is 0 Å². The second kappa shape index (κ2) is 6.32. The molecule has 0 bridgehead atoms. The van der Waals surface area contributed by atoms with Crippen LogP contribution in [0.1, 0.15) is 12.5 Å². The van der Waals surface area contributed by atoms with Crippen LogP contribution in [0.2, 0.25) is 0 Å². The Morgan fingerprint density at radius 2 is 2.00 bits per heavy atom. The Morgan fingerprint density at radius 1 is 1.30 bits per heavy atom. The third-order valence-electron chi connectivity index (χ3n) is 3.52. The zero-order valence-electron chi connectivity index (χ0n) is 11.4. The molecule has 1 saturated heterocycles. The molecule has 2 atom stereocenters. The zero-order valence-corrected chi connectivity index (χ0v) is 11.4. The lowest BCUT2D eigenvalue weighted by atomic mass is 9.86. The summed E-state index contributed by atoms with van der Waals surface area (Å²) in [6.07, 6.45) is 0.475. The van der Waals surface area contributed by atoms with Crippen LogP contribution in [0.5, 0.6) is 0 Å². The molecule has 1 unspecified atom stereocenters. The van der Waals surface area contributed by atoms with Gasteiger partial charge in [0.15, 0.2) is 0 Å². The van der Waals surface area contributed by atoms with Crippen molar-refractivity contribution in [2.24, 2.45) is 11.8 Å². The SMILES string of the molecule is CCNC(=O)C(=O)C1CNC(=O)[C@@H]1Cc1ccccc1. The number of amides is 2. The van der Waals surface area contributed by atoms with E-state index in [0.29, 0.717) is 13.0 Å². The molecule has 1 aliphatic heterocycles. The molecule has 2 amide bonds. The molecule has 1 aromatic rings. The molecular weight excluding hydrogens is 256 g/mol. The molecule has 20 heavy (non-hydrogen) atoms. The maximum absolute atomic E-state index is 12.1. The lowest BCUT2D eigenvalue weighted by Crippen LogP contribution is -2.38. The molecule has 1 fully saturated rings. The summed E-state index contributed by atoms with van der Waals surface area (Å²) in [4.78, 5) is 35.6. The fourth-order valence-corrected chi connectivity index (χ4v) is 2.46. The third-order valence-corrected chi connectivity index (χ3v) is 3.52. The van der Waals surface area contributed by atoms with Crippen molar-refractivity contribution in [1.29, 1.82) is 0 Å². The van der Waals surface area contributed by atoms with E-state index < -0.39 is 23.5 Å². The van der Waals surface area contributed by atoms with Crippen molar-refractivity contribution in [3.8, 4) is 0 Å². The summed E-state index contributed by atoms with van der Waals surface area (Å²) < 4.78 is 0. The smallest absolute Gasteiger partial charge is 0.287 e. The largest absolute Gasteiger partial charge is 0.355 e. The van der Waals surface area contributed by atoms with Gasteiger partial charge in [0.2, 0.25) is 11.7 Å². The number of carbonyl (C=O) groups excluding carboxylic acids is 3. The van der Waals surface area contributed by atoms with Crippen LogP contribution >= 0.6 is 0 Å². The van der Waals surface area contributed by atoms with Gasteiger partial charge in [0.1, 0.15) is 0 Å². The van der Waals surface area contributed by atoms with E-state index >= 15 is 0 Å². The van der Waals surface area contributed by atoms with E-state index in [0.717, 1.165) is 5.56 Å². The van der Waals surface area contributed by atoms with Gasteiger partial charge < -0.3 is 10.6 Å². The van der Waals surface area contributed by atoms with Gasteiger partial charge >= 0.3 is 0 Å². The molecular formula is C15H18N2O3. The second-order valence-electron chi connectivity index (χ2n) is 4.87. The fourth-order valence-electron chi connectivity index (χ4n) is 2.46. The molecule has 2 rings (SSSR count). The first-order valence-electron chi connectivity index (χ1n) is 6.77. The van der Waals surface area contributed by atoms with Gasteiger partial charge in [-0.1, -0.05) is 30.3 Å². The van der Waals surface area contributed by atoms with Gasteiger partial charge in [-0.25, -0.2) is 0 Å². The predicted octanol–water partition coefficient (Wildman–Crippen LogP) is 0.297. The highest BCUT2D eigenvalue weighted by Crippen LogP contribution is 2.23. The number of Topliss-reactive ketones (excluding diaryl/α,β-unsaturated/α-hetero) is 1. The Balaban J connectivity index is 2.11. The van der Waals surface area contributed by atoms with Crippen LogP contribution in [-0.4, -0.2) is 30.7 Å². The van der Waals surface area contributed by atoms with Gasteiger partial charge in [-0.2, -0.15) is 0 Å². The van der Waals surface area contributed by atoms with Gasteiger partial charge in [0.05, 0.1) is 11.8 Å². The van der Waals surface area contributed by atoms with Gasteiger partial charge in [0, 0.05) is 13.1 Å². The minimum absolute atomic E-state index is 0.156. The van der Waals surface area contributed by atoms with Gasteiger partial charge in [0.25, 0.3) is 5.91 Å². The summed E-state index contributed by atoms with van der Waals surface area (Å²) in [6, 6.07) is 9.51. The van der Waals surface area contributed by atoms with Crippen molar-refractivity contribution >= 4 is 17.6 Å². The quantitative estimate of drug-likeness (QED) is 0.758. The summed E-state index contributed by atoms with van der Waals surface area (Å²) in [5, 5.41) is 5.17. The van der Waals surface area contributed by atoms with Crippen LogP contribution < -0.4 is 10.6 Å². The summed E-state index contributed by atoms with van der Waals surface area (Å²) in [7, 11) is 0. The molecule has 0 saturated carbocycles. The molecule has 1 heterocycles. The van der Waals surface area contributed by atoms with Crippen molar-refractivity contribution in [3.05, 3.63) is 35.9 Å². The molecule has 5 nitrogen and oxygen atoms in total. The average molecular weight is 274 g/mol. The monoisotopic (exact) mass is 274 g/mol. The van der Waals surface area contributed by atoms with Crippen LogP contribution in [0.15, 0.2) is 30.3 Å². The third kappa shape index (κ3) is 3.04. The van der Waals surface area contributed by atoms with E-state index in [4.69, 9.17) is 0 Å². The van der Waals surface area contributed by atoms with E-state index in [1.807, 2.05) is 30.3 Å². The van der Waals surface area contributed by atoms with Crippen LogP contribution in [0, 0.1) is 11.8 Å². The number of nitrogens with one attached hydrogen (secondary N) is 2. The van der Waals surface area contributed by atoms with Crippen LogP contribution in [-0.2, 0) is 20.8 Å². The minimum atomic E-state index is -0.605. The summed E-state index contributed by atoms with van der Waals surface area (Å²) in [5.41, 5.74) is 0.989. The maximum atomic E-state index is 12.1. The van der Waals surface area contributed by atoms with Crippen molar-refractivity contribution in [1.82, 2.24) is 10.6 Å². The van der Waals surface area contributed by atoms with E-state index in [9.17, 15) is 14.4 Å². The first-order valence-corrected chi connectivity index (χ1v) is 6.77. The lowest BCUT2D eigenvalue weighted by molar-refractivity contribution is -0.141. The number of benzene rings is 1. The fraction of sp³-hybridized carbons (Fsp3) is 0.400. The maximum Gasteiger partial charge on any atom is 0.287 e. The van der Waals surface area contributed by atoms with E-state index in [1.54, 1.807) is 6.92 Å². The topological polar surface area (TPSA) is 75.3 Å². The molecule has 5 heteroatoms. The Morgan fingerprint density at radius 3 is 2.65 bits per heavy atom. The van der Waals surface area contributed by atoms with Gasteiger partial charge in [-0.15, -0.1) is 0 Å². The van der Waals surface area contributed by atoms with Crippen molar-refractivity contribution in [2.75, 3.05) is 13.1 Å². The number of likely N-dealkylation sites (N-methyl/N-ethyl adjacent to an activating group) is 1. The number of carbonyl (C=O) groups is 3. The highest BCUT2D eigenvalue weighted by molar-refractivity contribution is 6.37. The van der Waals surface area contributed by atoms with Crippen molar-refractivity contribution in [3.63, 3.8) is 0 Å². The number of rotatable bonds is 5. The minimum Gasteiger partial charge on any atom is -0.355 e. The lowest BCUT2D eigenvalue weighted by Gasteiger charge is -2.15.